The van der Waals surface area contributed by atoms with E-state index in [1.807, 2.05) is 0 Å². The number of hydrogen-bond donors (Lipinski definition) is 3. The van der Waals surface area contributed by atoms with E-state index in [1.54, 1.807) is 0 Å². The normalized spacial score (nSPS) is 32.7. The summed E-state index contributed by atoms with van der Waals surface area (Å²) in [5.41, 5.74) is 0. The molecule has 3 N–H and O–H groups in total. The fraction of sp³-hybridized carbons (Fsp3) is 1.00. The van der Waals surface area contributed by atoms with E-state index in [0.717, 1.165) is 19.5 Å². The van der Waals surface area contributed by atoms with Crippen LogP contribution >= 0.6 is 0 Å². The highest BCUT2D eigenvalue weighted by atomic mass is 16.3. The van der Waals surface area contributed by atoms with Gasteiger partial charge in [0.25, 0.3) is 0 Å². The van der Waals surface area contributed by atoms with Crippen LogP contribution in [-0.4, -0.2) is 36.4 Å². The van der Waals surface area contributed by atoms with Crippen LogP contribution in [-0.2, 0) is 0 Å². The minimum absolute atomic E-state index is 0.168. The standard InChI is InChI=1S/C8H18N2O/c1-6(2)10-7-5-9-4-3-8(7)11/h6-11H,3-5H2,1-2H3. The molecule has 0 saturated carbocycles. The van der Waals surface area contributed by atoms with Crippen molar-refractivity contribution < 1.29 is 5.11 Å². The lowest BCUT2D eigenvalue weighted by Crippen LogP contribution is -2.53. The molecule has 0 aliphatic carbocycles. The number of hydrogen-bond acceptors (Lipinski definition) is 3. The lowest BCUT2D eigenvalue weighted by molar-refractivity contribution is 0.0953. The molecule has 0 amide bonds. The van der Waals surface area contributed by atoms with Crippen molar-refractivity contribution in [3.05, 3.63) is 0 Å². The zero-order valence-corrected chi connectivity index (χ0v) is 7.30. The first-order valence-corrected chi connectivity index (χ1v) is 4.35. The molecule has 0 aromatic carbocycles. The molecular weight excluding hydrogens is 140 g/mol. The molecule has 11 heavy (non-hydrogen) atoms. The zero-order valence-electron chi connectivity index (χ0n) is 7.30. The van der Waals surface area contributed by atoms with Crippen LogP contribution in [0, 0.1) is 0 Å². The van der Waals surface area contributed by atoms with Crippen LogP contribution in [0.25, 0.3) is 0 Å². The fourth-order valence-corrected chi connectivity index (χ4v) is 1.44. The quantitative estimate of drug-likeness (QED) is 0.517. The summed E-state index contributed by atoms with van der Waals surface area (Å²) in [4.78, 5) is 0. The second kappa shape index (κ2) is 4.04. The van der Waals surface area contributed by atoms with Gasteiger partial charge in [0.15, 0.2) is 0 Å². The third-order valence-corrected chi connectivity index (χ3v) is 1.99. The van der Waals surface area contributed by atoms with Gasteiger partial charge in [-0.05, 0) is 13.0 Å². The molecule has 3 nitrogen and oxygen atoms in total. The molecule has 2 unspecified atom stereocenters. The molecule has 1 aliphatic heterocycles. The second-order valence-corrected chi connectivity index (χ2v) is 3.49. The highest BCUT2D eigenvalue weighted by Crippen LogP contribution is 2.03. The molecule has 0 spiro atoms. The van der Waals surface area contributed by atoms with Crippen molar-refractivity contribution in [2.45, 2.75) is 38.5 Å². The van der Waals surface area contributed by atoms with Gasteiger partial charge in [-0.1, -0.05) is 13.8 Å². The molecular formula is C8H18N2O. The Morgan fingerprint density at radius 1 is 1.55 bits per heavy atom. The van der Waals surface area contributed by atoms with E-state index in [9.17, 15) is 5.11 Å². The van der Waals surface area contributed by atoms with Gasteiger partial charge in [-0.15, -0.1) is 0 Å². The maximum atomic E-state index is 9.52. The van der Waals surface area contributed by atoms with E-state index >= 15 is 0 Å². The van der Waals surface area contributed by atoms with Crippen LogP contribution in [0.1, 0.15) is 20.3 Å². The number of aliphatic hydroxyl groups excluding tert-OH is 1. The Bertz CT molecular complexity index is 117. The average Bonchev–Trinajstić information content (AvgIpc) is 1.93. The Morgan fingerprint density at radius 2 is 2.27 bits per heavy atom. The van der Waals surface area contributed by atoms with Crippen molar-refractivity contribution >= 4 is 0 Å². The molecule has 1 heterocycles. The van der Waals surface area contributed by atoms with Gasteiger partial charge in [0.05, 0.1) is 6.10 Å². The molecule has 0 bridgehead atoms. The third-order valence-electron chi connectivity index (χ3n) is 1.99. The highest BCUT2D eigenvalue weighted by Gasteiger charge is 2.22. The van der Waals surface area contributed by atoms with E-state index in [0.29, 0.717) is 6.04 Å². The van der Waals surface area contributed by atoms with Crippen molar-refractivity contribution in [2.75, 3.05) is 13.1 Å². The van der Waals surface area contributed by atoms with E-state index in [4.69, 9.17) is 0 Å². The summed E-state index contributed by atoms with van der Waals surface area (Å²) in [6.45, 7) is 6.03. The maximum absolute atomic E-state index is 9.52. The Labute approximate surface area is 68.2 Å². The van der Waals surface area contributed by atoms with Crippen molar-refractivity contribution in [2.24, 2.45) is 0 Å². The molecule has 2 atom stereocenters. The summed E-state index contributed by atoms with van der Waals surface area (Å²) < 4.78 is 0. The average molecular weight is 158 g/mol. The molecule has 1 saturated heterocycles. The van der Waals surface area contributed by atoms with Crippen LogP contribution < -0.4 is 10.6 Å². The van der Waals surface area contributed by atoms with E-state index in [-0.39, 0.29) is 12.1 Å². The Morgan fingerprint density at radius 3 is 2.82 bits per heavy atom. The van der Waals surface area contributed by atoms with Gasteiger partial charge in [0, 0.05) is 18.6 Å². The Balaban J connectivity index is 2.29. The van der Waals surface area contributed by atoms with Gasteiger partial charge < -0.3 is 15.7 Å². The molecule has 0 aromatic heterocycles. The van der Waals surface area contributed by atoms with Crippen molar-refractivity contribution in [1.82, 2.24) is 10.6 Å². The van der Waals surface area contributed by atoms with E-state index in [1.165, 1.54) is 0 Å². The minimum atomic E-state index is -0.168. The molecule has 3 heteroatoms. The van der Waals surface area contributed by atoms with Crippen LogP contribution in [0.2, 0.25) is 0 Å². The van der Waals surface area contributed by atoms with Crippen molar-refractivity contribution in [3.63, 3.8) is 0 Å². The highest BCUT2D eigenvalue weighted by molar-refractivity contribution is 4.83. The monoisotopic (exact) mass is 158 g/mol. The molecule has 1 aliphatic rings. The molecule has 1 fully saturated rings. The van der Waals surface area contributed by atoms with Crippen LogP contribution in [0.5, 0.6) is 0 Å². The van der Waals surface area contributed by atoms with Crippen LogP contribution in [0.15, 0.2) is 0 Å². The summed E-state index contributed by atoms with van der Waals surface area (Å²) in [6, 6.07) is 0.693. The van der Waals surface area contributed by atoms with Gasteiger partial charge in [0.1, 0.15) is 0 Å². The summed E-state index contributed by atoms with van der Waals surface area (Å²) in [7, 11) is 0. The predicted molar refractivity (Wildman–Crippen MR) is 45.6 cm³/mol. The number of aliphatic hydroxyl groups is 1. The number of piperidine rings is 1. The summed E-state index contributed by atoms with van der Waals surface area (Å²) >= 11 is 0. The Hall–Kier alpha value is -0.120. The second-order valence-electron chi connectivity index (χ2n) is 3.49. The first-order chi connectivity index (χ1) is 5.20. The van der Waals surface area contributed by atoms with Gasteiger partial charge in [-0.25, -0.2) is 0 Å². The Kier molecular flexibility index (Phi) is 3.30. The lowest BCUT2D eigenvalue weighted by Gasteiger charge is -2.30. The van der Waals surface area contributed by atoms with E-state index in [2.05, 4.69) is 24.5 Å². The van der Waals surface area contributed by atoms with Gasteiger partial charge in [0.2, 0.25) is 0 Å². The number of rotatable bonds is 2. The van der Waals surface area contributed by atoms with Crippen LogP contribution in [0.4, 0.5) is 0 Å². The summed E-state index contributed by atoms with van der Waals surface area (Å²) in [6.07, 6.45) is 0.698. The predicted octanol–water partition coefficient (Wildman–Crippen LogP) is -0.293. The first kappa shape index (κ1) is 8.97. The fourth-order valence-electron chi connectivity index (χ4n) is 1.44. The molecule has 1 rings (SSSR count). The third kappa shape index (κ3) is 2.77. The summed E-state index contributed by atoms with van der Waals surface area (Å²) in [5, 5.41) is 16.1. The van der Waals surface area contributed by atoms with Crippen molar-refractivity contribution in [3.8, 4) is 0 Å². The lowest BCUT2D eigenvalue weighted by atomic mass is 10.0. The largest absolute Gasteiger partial charge is 0.391 e. The van der Waals surface area contributed by atoms with E-state index < -0.39 is 0 Å². The van der Waals surface area contributed by atoms with Gasteiger partial charge >= 0.3 is 0 Å². The van der Waals surface area contributed by atoms with Gasteiger partial charge in [-0.2, -0.15) is 0 Å². The molecule has 66 valence electrons. The summed E-state index contributed by atoms with van der Waals surface area (Å²) in [5.74, 6) is 0. The van der Waals surface area contributed by atoms with Crippen LogP contribution in [0.3, 0.4) is 0 Å². The smallest absolute Gasteiger partial charge is 0.0717 e. The number of nitrogens with one attached hydrogen (secondary N) is 2. The maximum Gasteiger partial charge on any atom is 0.0717 e. The molecule has 0 radical (unpaired) electrons. The minimum Gasteiger partial charge on any atom is -0.391 e. The van der Waals surface area contributed by atoms with Crippen molar-refractivity contribution in [1.29, 1.82) is 0 Å². The SMILES string of the molecule is CC(C)NC1CNCCC1O. The topological polar surface area (TPSA) is 44.3 Å². The molecule has 0 aromatic rings. The van der Waals surface area contributed by atoms with Gasteiger partial charge in [-0.3, -0.25) is 0 Å². The first-order valence-electron chi connectivity index (χ1n) is 4.35. The zero-order chi connectivity index (χ0) is 8.27.